The summed E-state index contributed by atoms with van der Waals surface area (Å²) in [6, 6.07) is 12.3. The van der Waals surface area contributed by atoms with Gasteiger partial charge in [0, 0.05) is 20.2 Å². The van der Waals surface area contributed by atoms with Gasteiger partial charge in [-0.25, -0.2) is 8.42 Å². The Labute approximate surface area is 160 Å². The Morgan fingerprint density at radius 2 is 1.56 bits per heavy atom. The Balaban J connectivity index is 2.39. The fourth-order valence-electron chi connectivity index (χ4n) is 2.07. The van der Waals surface area contributed by atoms with Crippen LogP contribution in [-0.2, 0) is 20.2 Å². The predicted molar refractivity (Wildman–Crippen MR) is 106 cm³/mol. The molecule has 0 aliphatic heterocycles. The first-order valence-corrected chi connectivity index (χ1v) is 11.0. The van der Waals surface area contributed by atoms with Gasteiger partial charge in [0.15, 0.2) is 0 Å². The third-order valence-corrected chi connectivity index (χ3v) is 6.21. The summed E-state index contributed by atoms with van der Waals surface area (Å²) in [5.74, 6) is 0.212. The fraction of sp³-hybridized carbons (Fsp3) is 0.294. The van der Waals surface area contributed by atoms with E-state index in [1.54, 1.807) is 32.0 Å². The summed E-state index contributed by atoms with van der Waals surface area (Å²) in [4.78, 5) is 0.109. The van der Waals surface area contributed by atoms with E-state index < -0.39 is 20.2 Å². The Kier molecular flexibility index (Phi) is 6.34. The van der Waals surface area contributed by atoms with Crippen molar-refractivity contribution >= 4 is 31.6 Å². The van der Waals surface area contributed by atoms with Crippen LogP contribution in [0.2, 0.25) is 0 Å². The van der Waals surface area contributed by atoms with Gasteiger partial charge in [0.05, 0.1) is 22.4 Å². The molecule has 0 bridgehead atoms. The van der Waals surface area contributed by atoms with Crippen LogP contribution in [0.1, 0.15) is 13.8 Å². The first-order chi connectivity index (χ1) is 12.5. The number of nitrogens with zero attached hydrogens (tertiary/aromatic N) is 1. The second-order valence-electron chi connectivity index (χ2n) is 6.19. The molecule has 0 heterocycles. The molecule has 0 saturated heterocycles. The highest BCUT2D eigenvalue weighted by Crippen LogP contribution is 2.31. The van der Waals surface area contributed by atoms with E-state index in [0.29, 0.717) is 0 Å². The molecule has 0 aliphatic carbocycles. The van der Waals surface area contributed by atoms with Crippen molar-refractivity contribution < 1.29 is 21.6 Å². The summed E-state index contributed by atoms with van der Waals surface area (Å²) >= 11 is 0. The molecule has 0 fully saturated rings. The molecule has 0 unspecified atom stereocenters. The van der Waals surface area contributed by atoms with Crippen molar-refractivity contribution in [3.63, 3.8) is 0 Å². The smallest absolute Gasteiger partial charge is 0.301 e. The SMILES string of the molecule is CC(C)Oc1cc(NS(=O)(=O)N(C)C)ccc1NS(=O)(=O)c1ccccc1. The monoisotopic (exact) mass is 413 g/mol. The minimum atomic E-state index is -3.81. The van der Waals surface area contributed by atoms with Crippen LogP contribution in [0.4, 0.5) is 11.4 Å². The number of hydrogen-bond acceptors (Lipinski definition) is 5. The molecule has 0 aliphatic rings. The van der Waals surface area contributed by atoms with Gasteiger partial charge in [-0.1, -0.05) is 18.2 Å². The summed E-state index contributed by atoms with van der Waals surface area (Å²) in [6.45, 7) is 3.57. The highest BCUT2D eigenvalue weighted by molar-refractivity contribution is 7.92. The zero-order valence-corrected chi connectivity index (χ0v) is 17.1. The van der Waals surface area contributed by atoms with Crippen molar-refractivity contribution in [1.29, 1.82) is 0 Å². The first kappa shape index (κ1) is 21.0. The van der Waals surface area contributed by atoms with Crippen LogP contribution in [0.15, 0.2) is 53.4 Å². The largest absolute Gasteiger partial charge is 0.489 e. The minimum Gasteiger partial charge on any atom is -0.489 e. The molecule has 2 aromatic carbocycles. The van der Waals surface area contributed by atoms with Gasteiger partial charge in [0.1, 0.15) is 5.75 Å². The Hall–Kier alpha value is -2.30. The normalized spacial score (nSPS) is 12.2. The van der Waals surface area contributed by atoms with Gasteiger partial charge in [-0.05, 0) is 38.1 Å². The van der Waals surface area contributed by atoms with Gasteiger partial charge < -0.3 is 4.74 Å². The Bertz CT molecular complexity index is 988. The molecule has 8 nitrogen and oxygen atoms in total. The lowest BCUT2D eigenvalue weighted by atomic mass is 10.2. The maximum absolute atomic E-state index is 12.6. The number of benzene rings is 2. The molecule has 148 valence electrons. The second kappa shape index (κ2) is 8.15. The number of ether oxygens (including phenoxy) is 1. The quantitative estimate of drug-likeness (QED) is 0.692. The van der Waals surface area contributed by atoms with E-state index in [9.17, 15) is 16.8 Å². The van der Waals surface area contributed by atoms with Crippen molar-refractivity contribution in [3.05, 3.63) is 48.5 Å². The van der Waals surface area contributed by atoms with Crippen LogP contribution >= 0.6 is 0 Å². The Morgan fingerprint density at radius 1 is 0.926 bits per heavy atom. The summed E-state index contributed by atoms with van der Waals surface area (Å²) in [5, 5.41) is 0. The third-order valence-electron chi connectivity index (χ3n) is 3.37. The van der Waals surface area contributed by atoms with E-state index in [4.69, 9.17) is 4.74 Å². The van der Waals surface area contributed by atoms with Crippen molar-refractivity contribution in [3.8, 4) is 5.75 Å². The summed E-state index contributed by atoms with van der Waals surface area (Å²) in [5.41, 5.74) is 0.461. The standard InChI is InChI=1S/C17H23N3O5S2/c1-13(2)25-17-12-14(18-27(23,24)20(3)4)10-11-16(17)19-26(21,22)15-8-6-5-7-9-15/h5-13,18-19H,1-4H3. The fourth-order valence-corrected chi connectivity index (χ4v) is 3.76. The van der Waals surface area contributed by atoms with Crippen molar-refractivity contribution in [2.75, 3.05) is 23.5 Å². The van der Waals surface area contributed by atoms with Crippen LogP contribution < -0.4 is 14.2 Å². The van der Waals surface area contributed by atoms with Crippen molar-refractivity contribution in [2.45, 2.75) is 24.8 Å². The van der Waals surface area contributed by atoms with Crippen LogP contribution in [0.5, 0.6) is 5.75 Å². The van der Waals surface area contributed by atoms with Gasteiger partial charge in [0.2, 0.25) is 0 Å². The van der Waals surface area contributed by atoms with Crippen LogP contribution in [-0.4, -0.2) is 41.3 Å². The lowest BCUT2D eigenvalue weighted by Gasteiger charge is -2.18. The van der Waals surface area contributed by atoms with Gasteiger partial charge in [-0.2, -0.15) is 12.7 Å². The predicted octanol–water partition coefficient (Wildman–Crippen LogP) is 2.49. The number of rotatable bonds is 8. The summed E-state index contributed by atoms with van der Waals surface area (Å²) in [7, 11) is -4.71. The van der Waals surface area contributed by atoms with E-state index >= 15 is 0 Å². The zero-order valence-electron chi connectivity index (χ0n) is 15.5. The maximum Gasteiger partial charge on any atom is 0.301 e. The molecule has 10 heteroatoms. The first-order valence-electron chi connectivity index (χ1n) is 8.10. The van der Waals surface area contributed by atoms with Gasteiger partial charge >= 0.3 is 10.2 Å². The number of hydrogen-bond donors (Lipinski definition) is 2. The number of sulfonamides is 1. The van der Waals surface area contributed by atoms with Crippen molar-refractivity contribution in [1.82, 2.24) is 4.31 Å². The average molecular weight is 414 g/mol. The molecule has 2 N–H and O–H groups in total. The van der Waals surface area contributed by atoms with E-state index in [1.165, 1.54) is 44.4 Å². The van der Waals surface area contributed by atoms with E-state index in [1.807, 2.05) is 0 Å². The highest BCUT2D eigenvalue weighted by atomic mass is 32.2. The summed E-state index contributed by atoms with van der Waals surface area (Å²) in [6.07, 6.45) is -0.245. The second-order valence-corrected chi connectivity index (χ2v) is 9.75. The molecule has 2 aromatic rings. The summed E-state index contributed by atoms with van der Waals surface area (Å²) < 4.78 is 60.7. The maximum atomic E-state index is 12.6. The lowest BCUT2D eigenvalue weighted by molar-refractivity contribution is 0.244. The van der Waals surface area contributed by atoms with E-state index in [-0.39, 0.29) is 28.1 Å². The molecular formula is C17H23N3O5S2. The molecule has 2 rings (SSSR count). The molecule has 0 saturated carbocycles. The van der Waals surface area contributed by atoms with Gasteiger partial charge in [0.25, 0.3) is 10.0 Å². The molecule has 0 spiro atoms. The molecule has 0 amide bonds. The molecule has 0 aromatic heterocycles. The highest BCUT2D eigenvalue weighted by Gasteiger charge is 2.19. The van der Waals surface area contributed by atoms with Crippen molar-refractivity contribution in [2.24, 2.45) is 0 Å². The van der Waals surface area contributed by atoms with Gasteiger partial charge in [-0.3, -0.25) is 9.44 Å². The van der Waals surface area contributed by atoms with Gasteiger partial charge in [-0.15, -0.1) is 0 Å². The van der Waals surface area contributed by atoms with E-state index in [0.717, 1.165) is 4.31 Å². The zero-order chi connectivity index (χ0) is 20.2. The molecule has 0 radical (unpaired) electrons. The third kappa shape index (κ3) is 5.59. The van der Waals surface area contributed by atoms with Crippen LogP contribution in [0, 0.1) is 0 Å². The molecule has 0 atom stereocenters. The number of anilines is 2. The Morgan fingerprint density at radius 3 is 2.11 bits per heavy atom. The topological polar surface area (TPSA) is 105 Å². The number of nitrogens with one attached hydrogen (secondary N) is 2. The van der Waals surface area contributed by atoms with Crippen LogP contribution in [0.25, 0.3) is 0 Å². The minimum absolute atomic E-state index is 0.109. The lowest BCUT2D eigenvalue weighted by Crippen LogP contribution is -2.29. The van der Waals surface area contributed by atoms with Crippen LogP contribution in [0.3, 0.4) is 0 Å². The molecular weight excluding hydrogens is 390 g/mol. The molecule has 27 heavy (non-hydrogen) atoms. The average Bonchev–Trinajstić information content (AvgIpc) is 2.57. The van der Waals surface area contributed by atoms with E-state index in [2.05, 4.69) is 9.44 Å².